The first kappa shape index (κ1) is 54.0. The average Bonchev–Trinajstić information content (AvgIpc) is 3.36. The summed E-state index contributed by atoms with van der Waals surface area (Å²) >= 11 is 0. The van der Waals surface area contributed by atoms with Crippen molar-refractivity contribution < 1.29 is 0 Å². The summed E-state index contributed by atoms with van der Waals surface area (Å²) in [5.74, 6) is 164. The number of nitriles is 1. The lowest BCUT2D eigenvalue weighted by molar-refractivity contribution is 1.55. The first-order valence-corrected chi connectivity index (χ1v) is 17.2. The molecule has 0 unspecified atom stereocenters. The smallest absolute Gasteiger partial charge is 0.153 e. The quantitative estimate of drug-likeness (QED) is 0.330. The Morgan fingerprint density at radius 2 is 0.188 bits per heavy atom. The van der Waals surface area contributed by atoms with Crippen molar-refractivity contribution in [3.05, 3.63) is 0 Å². The molecule has 0 aliphatic heterocycles. The Morgan fingerprint density at radius 1 is 0.116 bits per heavy atom. The standard InChI is InChI=1S/C68H3N/c1-2-3-4-5-6-7-8-9-10-11-12-13-14-15-16-17-18-19-20-21-22-23-24-25-26-27-28-29-30-31-32-33-34-35-36-37-38-39-40-41-42-43-44-45-46-47-48-49-50-51-52-53-54-55-56-57-58-59-60-61-62-63-64-65-66-67-68-69/h1H3. The van der Waals surface area contributed by atoms with Crippen LogP contribution in [-0.4, -0.2) is 0 Å². The Hall–Kier alpha value is -15.0. The molecule has 0 aliphatic carbocycles. The van der Waals surface area contributed by atoms with Crippen molar-refractivity contribution in [3.8, 4) is 397 Å². The lowest BCUT2D eigenvalue weighted by atomic mass is 10.4. The van der Waals surface area contributed by atoms with Crippen molar-refractivity contribution in [1.82, 2.24) is 0 Å². The van der Waals surface area contributed by atoms with Crippen LogP contribution in [0.5, 0.6) is 0 Å². The highest BCUT2D eigenvalue weighted by atomic mass is 14.2. The van der Waals surface area contributed by atoms with E-state index in [0.717, 1.165) is 0 Å². The van der Waals surface area contributed by atoms with E-state index >= 15 is 0 Å². The molecule has 280 valence electrons. The summed E-state index contributed by atoms with van der Waals surface area (Å²) in [6.07, 6.45) is 0. The first-order chi connectivity index (χ1) is 34.4. The van der Waals surface area contributed by atoms with E-state index in [0.29, 0.717) is 0 Å². The third-order valence-corrected chi connectivity index (χ3v) is 4.18. The van der Waals surface area contributed by atoms with Crippen LogP contribution in [-0.2, 0) is 0 Å². The van der Waals surface area contributed by atoms with Gasteiger partial charge in [0.15, 0.2) is 6.07 Å². The van der Waals surface area contributed by atoms with Crippen molar-refractivity contribution >= 4 is 0 Å². The molecule has 0 fully saturated rings. The molecule has 0 saturated heterocycles. The molecular formula is C68H3N. The van der Waals surface area contributed by atoms with Crippen LogP contribution in [0.4, 0.5) is 0 Å². The van der Waals surface area contributed by atoms with Crippen LogP contribution in [0.3, 0.4) is 0 Å². The molecule has 0 aromatic heterocycles. The molecule has 1 nitrogen and oxygen atoms in total. The summed E-state index contributed by atoms with van der Waals surface area (Å²) in [7, 11) is 0. The number of hydrogen-bond donors (Lipinski definition) is 0. The van der Waals surface area contributed by atoms with Gasteiger partial charge in [-0.2, -0.15) is 5.26 Å². The molecule has 0 bridgehead atoms. The van der Waals surface area contributed by atoms with E-state index in [4.69, 9.17) is 5.26 Å². The lowest BCUT2D eigenvalue weighted by Gasteiger charge is -1.57. The third-order valence-electron chi connectivity index (χ3n) is 4.18. The summed E-state index contributed by atoms with van der Waals surface area (Å²) < 4.78 is 0. The molecule has 0 aromatic rings. The summed E-state index contributed by atoms with van der Waals surface area (Å²) in [5.41, 5.74) is 0. The van der Waals surface area contributed by atoms with Crippen molar-refractivity contribution in [2.45, 2.75) is 6.92 Å². The van der Waals surface area contributed by atoms with Crippen LogP contribution >= 0.6 is 0 Å². The first-order valence-electron chi connectivity index (χ1n) is 17.2. The van der Waals surface area contributed by atoms with Crippen LogP contribution < -0.4 is 0 Å². The van der Waals surface area contributed by atoms with Crippen molar-refractivity contribution in [1.29, 1.82) is 5.26 Å². The monoisotopic (exact) mass is 833 g/mol. The van der Waals surface area contributed by atoms with Crippen LogP contribution in [0.1, 0.15) is 6.92 Å². The zero-order valence-corrected chi connectivity index (χ0v) is 34.9. The third kappa shape index (κ3) is 53.0. The Balaban J connectivity index is 4.60. The maximum Gasteiger partial charge on any atom is 0.153 e. The molecule has 0 aliphatic rings. The molecule has 1 heteroatoms. The molecule has 0 radical (unpaired) electrons. The molecule has 0 heterocycles. The van der Waals surface area contributed by atoms with Gasteiger partial charge in [0, 0.05) is 337 Å². The van der Waals surface area contributed by atoms with Gasteiger partial charge < -0.3 is 0 Å². The van der Waals surface area contributed by atoms with E-state index in [1.165, 1.54) is 0 Å². The van der Waals surface area contributed by atoms with Crippen LogP contribution in [0, 0.1) is 402 Å². The van der Waals surface area contributed by atoms with Crippen molar-refractivity contribution in [2.75, 3.05) is 0 Å². The Labute approximate surface area is 407 Å². The number of rotatable bonds is 0. The van der Waals surface area contributed by atoms with Crippen molar-refractivity contribution in [2.24, 2.45) is 0 Å². The van der Waals surface area contributed by atoms with E-state index in [1.54, 1.807) is 13.0 Å². The minimum absolute atomic E-state index is 1.63. The highest BCUT2D eigenvalue weighted by Gasteiger charge is 1.64. The normalized spacial score (nSPS) is 3.94. The van der Waals surface area contributed by atoms with Crippen LogP contribution in [0.15, 0.2) is 0 Å². The maximum atomic E-state index is 8.21. The van der Waals surface area contributed by atoms with Crippen LogP contribution in [0.2, 0.25) is 0 Å². The zero-order chi connectivity index (χ0) is 49.4. The second-order valence-electron chi connectivity index (χ2n) is 8.49. The van der Waals surface area contributed by atoms with Gasteiger partial charge in [0.25, 0.3) is 0 Å². The Kier molecular flexibility index (Phi) is 41.4. The molecule has 69 heavy (non-hydrogen) atoms. The van der Waals surface area contributed by atoms with Gasteiger partial charge in [-0.3, -0.25) is 0 Å². The molecule has 0 rings (SSSR count). The molecular weight excluding hydrogens is 831 g/mol. The van der Waals surface area contributed by atoms with Gasteiger partial charge in [-0.05, 0) is 54.3 Å². The topological polar surface area (TPSA) is 23.8 Å². The average molecular weight is 834 g/mol. The van der Waals surface area contributed by atoms with E-state index in [9.17, 15) is 0 Å². The van der Waals surface area contributed by atoms with Crippen molar-refractivity contribution in [3.63, 3.8) is 0 Å². The summed E-state index contributed by atoms with van der Waals surface area (Å²) in [4.78, 5) is 0. The molecule has 0 amide bonds. The molecule has 0 N–H and O–H groups in total. The molecule has 0 atom stereocenters. The predicted molar refractivity (Wildman–Crippen MR) is 268 cm³/mol. The number of hydrogen-bond acceptors (Lipinski definition) is 1. The SMILES string of the molecule is CC#CC#CC#CC#CC#CC#CC#CC#CC#CC#CC#CC#CC#CC#CC#CC#CC#CC#CC#CC#CC#CC#CC#CC#CC#CC#CC#CC#CC#CC#CC#CC#CC#CC#N. The highest BCUT2D eigenvalue weighted by molar-refractivity contribution is 5.52. The van der Waals surface area contributed by atoms with E-state index in [2.05, 4.69) is 391 Å². The van der Waals surface area contributed by atoms with Crippen LogP contribution in [0.25, 0.3) is 0 Å². The van der Waals surface area contributed by atoms with Gasteiger partial charge >= 0.3 is 0 Å². The zero-order valence-electron chi connectivity index (χ0n) is 34.9. The fraction of sp³-hybridized carbons (Fsp3) is 0.0147. The van der Waals surface area contributed by atoms with Gasteiger partial charge in [0.05, 0.1) is 0 Å². The predicted octanol–water partition coefficient (Wildman–Crippen LogP) is 0.642. The second kappa shape index (κ2) is 53.0. The minimum atomic E-state index is 1.63. The summed E-state index contributed by atoms with van der Waals surface area (Å²) in [5, 5.41) is 8.21. The molecule has 0 spiro atoms. The largest absolute Gasteiger partial charge is 0.183 e. The minimum Gasteiger partial charge on any atom is -0.183 e. The highest BCUT2D eigenvalue weighted by Crippen LogP contribution is 1.64. The Morgan fingerprint density at radius 3 is 0.261 bits per heavy atom. The molecule has 0 saturated carbocycles. The Bertz CT molecular complexity index is 4520. The fourth-order valence-electron chi connectivity index (χ4n) is 2.06. The van der Waals surface area contributed by atoms with Gasteiger partial charge in [-0.1, -0.05) is 5.92 Å². The van der Waals surface area contributed by atoms with E-state index in [-0.39, 0.29) is 0 Å². The summed E-state index contributed by atoms with van der Waals surface area (Å²) in [6.45, 7) is 1.68. The molecule has 0 aromatic carbocycles. The van der Waals surface area contributed by atoms with E-state index < -0.39 is 0 Å². The fourth-order valence-corrected chi connectivity index (χ4v) is 2.06. The second-order valence-corrected chi connectivity index (χ2v) is 8.49. The summed E-state index contributed by atoms with van der Waals surface area (Å²) in [6, 6.07) is 1.63. The lowest BCUT2D eigenvalue weighted by Crippen LogP contribution is -1.57. The number of nitrogens with zero attached hydrogens (tertiary/aromatic N) is 1. The van der Waals surface area contributed by atoms with Gasteiger partial charge in [-0.15, -0.1) is 0 Å². The van der Waals surface area contributed by atoms with E-state index in [1.807, 2.05) is 0 Å². The van der Waals surface area contributed by atoms with Gasteiger partial charge in [-0.25, -0.2) is 0 Å². The van der Waals surface area contributed by atoms with Gasteiger partial charge in [0.2, 0.25) is 0 Å². The maximum absolute atomic E-state index is 8.21. The van der Waals surface area contributed by atoms with Gasteiger partial charge in [0.1, 0.15) is 0 Å².